The Bertz CT molecular complexity index is 756. The fourth-order valence-electron chi connectivity index (χ4n) is 2.29. The molecule has 0 fully saturated rings. The summed E-state index contributed by atoms with van der Waals surface area (Å²) in [6.45, 7) is 1.60. The van der Waals surface area contributed by atoms with Crippen LogP contribution in [0.15, 0.2) is 66.7 Å². The molecule has 0 aliphatic heterocycles. The molecule has 19 heavy (non-hydrogen) atoms. The highest BCUT2D eigenvalue weighted by atomic mass is 16.1. The highest BCUT2D eigenvalue weighted by Gasteiger charge is 2.03. The van der Waals surface area contributed by atoms with Crippen molar-refractivity contribution in [2.45, 2.75) is 6.92 Å². The van der Waals surface area contributed by atoms with Crippen LogP contribution in [0.5, 0.6) is 0 Å². The maximum absolute atomic E-state index is 11.4. The molecule has 0 heterocycles. The van der Waals surface area contributed by atoms with Gasteiger partial charge in [0.15, 0.2) is 5.78 Å². The summed E-state index contributed by atoms with van der Waals surface area (Å²) in [4.78, 5) is 11.4. The number of Topliss-reactive ketones (excluding diaryl/α,β-unsaturated/α-hetero) is 1. The molecule has 0 saturated heterocycles. The maximum atomic E-state index is 11.4. The average molecular weight is 246 g/mol. The van der Waals surface area contributed by atoms with Crippen LogP contribution in [0.2, 0.25) is 0 Å². The highest BCUT2D eigenvalue weighted by Crippen LogP contribution is 2.25. The van der Waals surface area contributed by atoms with Crippen LogP contribution >= 0.6 is 0 Å². The van der Waals surface area contributed by atoms with Crippen LogP contribution in [0.25, 0.3) is 21.9 Å². The van der Waals surface area contributed by atoms with Crippen molar-refractivity contribution in [3.8, 4) is 11.1 Å². The minimum Gasteiger partial charge on any atom is -0.295 e. The number of hydrogen-bond donors (Lipinski definition) is 0. The largest absolute Gasteiger partial charge is 0.295 e. The smallest absolute Gasteiger partial charge is 0.159 e. The van der Waals surface area contributed by atoms with Gasteiger partial charge in [0.05, 0.1) is 0 Å². The van der Waals surface area contributed by atoms with Crippen LogP contribution in [-0.2, 0) is 0 Å². The molecule has 3 aromatic carbocycles. The van der Waals surface area contributed by atoms with Crippen molar-refractivity contribution in [2.75, 3.05) is 0 Å². The molecule has 0 amide bonds. The van der Waals surface area contributed by atoms with E-state index in [2.05, 4.69) is 30.3 Å². The average Bonchev–Trinajstić information content (AvgIpc) is 2.47. The minimum absolute atomic E-state index is 0.0997. The molecule has 3 rings (SSSR count). The first-order valence-corrected chi connectivity index (χ1v) is 6.34. The van der Waals surface area contributed by atoms with Crippen molar-refractivity contribution in [1.82, 2.24) is 0 Å². The van der Waals surface area contributed by atoms with Crippen molar-refractivity contribution in [2.24, 2.45) is 0 Å². The summed E-state index contributed by atoms with van der Waals surface area (Å²) in [6.07, 6.45) is 0. The van der Waals surface area contributed by atoms with Crippen molar-refractivity contribution in [3.63, 3.8) is 0 Å². The van der Waals surface area contributed by atoms with Crippen LogP contribution in [-0.4, -0.2) is 5.78 Å². The van der Waals surface area contributed by atoms with Crippen LogP contribution in [0.3, 0.4) is 0 Å². The lowest BCUT2D eigenvalue weighted by Gasteiger charge is -2.05. The van der Waals surface area contributed by atoms with E-state index >= 15 is 0 Å². The van der Waals surface area contributed by atoms with Gasteiger partial charge >= 0.3 is 0 Å². The first-order chi connectivity index (χ1) is 9.24. The zero-order valence-corrected chi connectivity index (χ0v) is 10.8. The molecule has 1 nitrogen and oxygen atoms in total. The molecule has 3 aromatic rings. The SMILES string of the molecule is CC(=O)c1cccc(-c2ccc3ccccc3c2)c1. The van der Waals surface area contributed by atoms with E-state index in [9.17, 15) is 4.79 Å². The van der Waals surface area contributed by atoms with Gasteiger partial charge in [0.25, 0.3) is 0 Å². The molecule has 0 saturated carbocycles. The summed E-state index contributed by atoms with van der Waals surface area (Å²) >= 11 is 0. The number of carbonyl (C=O) groups is 1. The molecular weight excluding hydrogens is 232 g/mol. The summed E-state index contributed by atoms with van der Waals surface area (Å²) in [7, 11) is 0. The van der Waals surface area contributed by atoms with Crippen LogP contribution in [0.4, 0.5) is 0 Å². The molecule has 92 valence electrons. The minimum atomic E-state index is 0.0997. The van der Waals surface area contributed by atoms with Crippen molar-refractivity contribution in [1.29, 1.82) is 0 Å². The molecule has 1 heteroatoms. The molecule has 0 aliphatic carbocycles. The molecule has 0 spiro atoms. The Morgan fingerprint density at radius 2 is 1.47 bits per heavy atom. The third kappa shape index (κ3) is 2.27. The standard InChI is InChI=1S/C18H14O/c1-13(19)15-7-4-8-17(11-15)18-10-9-14-5-2-3-6-16(14)12-18/h2-12H,1H3. The molecule has 0 radical (unpaired) electrons. The molecular formula is C18H14O. The van der Waals surface area contributed by atoms with E-state index in [4.69, 9.17) is 0 Å². The fraction of sp³-hybridized carbons (Fsp3) is 0.0556. The normalized spacial score (nSPS) is 10.6. The van der Waals surface area contributed by atoms with Crippen LogP contribution in [0.1, 0.15) is 17.3 Å². The van der Waals surface area contributed by atoms with Gasteiger partial charge in [0.1, 0.15) is 0 Å². The van der Waals surface area contributed by atoms with E-state index < -0.39 is 0 Å². The van der Waals surface area contributed by atoms with Gasteiger partial charge in [-0.2, -0.15) is 0 Å². The molecule has 0 unspecified atom stereocenters. The Kier molecular flexibility index (Phi) is 2.88. The van der Waals surface area contributed by atoms with Gasteiger partial charge in [-0.15, -0.1) is 0 Å². The third-order valence-electron chi connectivity index (χ3n) is 3.35. The van der Waals surface area contributed by atoms with Gasteiger partial charge in [-0.25, -0.2) is 0 Å². The Hall–Kier alpha value is -2.41. The number of benzene rings is 3. The second-order valence-corrected chi connectivity index (χ2v) is 4.70. The van der Waals surface area contributed by atoms with Crippen LogP contribution in [0, 0.1) is 0 Å². The topological polar surface area (TPSA) is 17.1 Å². The molecule has 0 aromatic heterocycles. The lowest BCUT2D eigenvalue weighted by Crippen LogP contribution is -1.91. The molecule has 0 bridgehead atoms. The van der Waals surface area contributed by atoms with Crippen molar-refractivity contribution >= 4 is 16.6 Å². The van der Waals surface area contributed by atoms with Crippen molar-refractivity contribution in [3.05, 3.63) is 72.3 Å². The summed E-state index contributed by atoms with van der Waals surface area (Å²) in [5, 5.41) is 2.45. The van der Waals surface area contributed by atoms with Gasteiger partial charge < -0.3 is 0 Å². The Morgan fingerprint density at radius 1 is 0.737 bits per heavy atom. The monoisotopic (exact) mass is 246 g/mol. The number of fused-ring (bicyclic) bond motifs is 1. The van der Waals surface area contributed by atoms with Gasteiger partial charge in [-0.1, -0.05) is 54.6 Å². The summed E-state index contributed by atoms with van der Waals surface area (Å²) in [5.74, 6) is 0.0997. The Labute approximate surface area is 112 Å². The van der Waals surface area contributed by atoms with Crippen LogP contribution < -0.4 is 0 Å². The van der Waals surface area contributed by atoms with E-state index in [0.29, 0.717) is 0 Å². The Morgan fingerprint density at radius 3 is 2.26 bits per heavy atom. The maximum Gasteiger partial charge on any atom is 0.159 e. The number of ketones is 1. The summed E-state index contributed by atoms with van der Waals surface area (Å²) < 4.78 is 0. The second kappa shape index (κ2) is 4.69. The quantitative estimate of drug-likeness (QED) is 0.598. The molecule has 0 N–H and O–H groups in total. The van der Waals surface area contributed by atoms with Gasteiger partial charge in [-0.05, 0) is 41.0 Å². The fourth-order valence-corrected chi connectivity index (χ4v) is 2.29. The predicted octanol–water partition coefficient (Wildman–Crippen LogP) is 4.71. The molecule has 0 atom stereocenters. The summed E-state index contributed by atoms with van der Waals surface area (Å²) in [6, 6.07) is 22.4. The van der Waals surface area contributed by atoms with E-state index in [1.54, 1.807) is 6.92 Å². The summed E-state index contributed by atoms with van der Waals surface area (Å²) in [5.41, 5.74) is 2.98. The second-order valence-electron chi connectivity index (χ2n) is 4.70. The van der Waals surface area contributed by atoms with Crippen molar-refractivity contribution < 1.29 is 4.79 Å². The number of hydrogen-bond acceptors (Lipinski definition) is 1. The highest BCUT2D eigenvalue weighted by molar-refractivity contribution is 5.95. The van der Waals surface area contributed by atoms with Gasteiger partial charge in [-0.3, -0.25) is 4.79 Å². The first kappa shape index (κ1) is 11.7. The molecule has 0 aliphatic rings. The lowest BCUT2D eigenvalue weighted by atomic mass is 9.99. The van der Waals surface area contributed by atoms with E-state index in [1.165, 1.54) is 10.8 Å². The van der Waals surface area contributed by atoms with Gasteiger partial charge in [0, 0.05) is 5.56 Å². The zero-order chi connectivity index (χ0) is 13.2. The first-order valence-electron chi connectivity index (χ1n) is 6.34. The number of carbonyl (C=O) groups excluding carboxylic acids is 1. The number of rotatable bonds is 2. The zero-order valence-electron chi connectivity index (χ0n) is 10.8. The van der Waals surface area contributed by atoms with E-state index in [0.717, 1.165) is 16.7 Å². The van der Waals surface area contributed by atoms with Gasteiger partial charge in [0.2, 0.25) is 0 Å². The van der Waals surface area contributed by atoms with E-state index in [1.807, 2.05) is 36.4 Å². The lowest BCUT2D eigenvalue weighted by molar-refractivity contribution is 0.101. The third-order valence-corrected chi connectivity index (χ3v) is 3.35. The van der Waals surface area contributed by atoms with E-state index in [-0.39, 0.29) is 5.78 Å². The predicted molar refractivity (Wildman–Crippen MR) is 79.4 cm³/mol. The Balaban J connectivity index is 2.13.